The standard InChI is InChI=1S/C20H20NP.C12H16N2/c1-17-10-12-20(13-11-17)22(19-8-3-2-4-9-19)16-14-18-7-5-6-15-21-18;1-9(2)7-8-12-13-10-5-3-4-6-11(10)14-12/h2-13,15H,14,16H2,1H3;3-6,9H,7-8H2,1-2H3,(H,13,14). The second-order valence-electron chi connectivity index (χ2n) is 9.53. The first-order valence-corrected chi connectivity index (χ1v) is 14.3. The van der Waals surface area contributed by atoms with Crippen LogP contribution in [0.5, 0.6) is 0 Å². The number of para-hydroxylation sites is 2. The minimum Gasteiger partial charge on any atom is -0.342 e. The highest BCUT2D eigenvalue weighted by Crippen LogP contribution is 2.34. The molecule has 2 aromatic heterocycles. The topological polar surface area (TPSA) is 41.6 Å². The van der Waals surface area contributed by atoms with E-state index in [0.717, 1.165) is 41.8 Å². The van der Waals surface area contributed by atoms with E-state index in [1.807, 2.05) is 30.5 Å². The number of H-pyrrole nitrogens is 1. The Morgan fingerprint density at radius 2 is 1.44 bits per heavy atom. The monoisotopic (exact) mass is 493 g/mol. The van der Waals surface area contributed by atoms with Crippen molar-refractivity contribution in [1.82, 2.24) is 15.0 Å². The van der Waals surface area contributed by atoms with Gasteiger partial charge in [0.1, 0.15) is 5.82 Å². The zero-order chi connectivity index (χ0) is 25.2. The first-order chi connectivity index (χ1) is 17.6. The number of imidazole rings is 1. The van der Waals surface area contributed by atoms with E-state index in [9.17, 15) is 0 Å². The highest BCUT2D eigenvalue weighted by Gasteiger charge is 2.13. The summed E-state index contributed by atoms with van der Waals surface area (Å²) in [6.07, 6.45) is 6.28. The van der Waals surface area contributed by atoms with Crippen LogP contribution in [0.1, 0.15) is 37.4 Å². The van der Waals surface area contributed by atoms with Crippen molar-refractivity contribution in [2.75, 3.05) is 6.16 Å². The third-order valence-electron chi connectivity index (χ3n) is 6.13. The number of hydrogen-bond donors (Lipinski definition) is 1. The van der Waals surface area contributed by atoms with Crippen molar-refractivity contribution in [1.29, 1.82) is 0 Å². The van der Waals surface area contributed by atoms with Crippen LogP contribution in [0.3, 0.4) is 0 Å². The molecule has 0 saturated carbocycles. The quantitative estimate of drug-likeness (QED) is 0.232. The van der Waals surface area contributed by atoms with Gasteiger partial charge in [0.25, 0.3) is 0 Å². The lowest BCUT2D eigenvalue weighted by molar-refractivity contribution is 0.577. The SMILES string of the molecule is CC(C)CCc1nc2ccccc2[nH]1.Cc1ccc(P(CCc2ccccn2)c2ccccc2)cc1. The molecule has 0 amide bonds. The van der Waals surface area contributed by atoms with Crippen molar-refractivity contribution in [3.05, 3.63) is 120 Å². The Hall–Kier alpha value is -3.29. The summed E-state index contributed by atoms with van der Waals surface area (Å²) in [5.41, 5.74) is 4.71. The van der Waals surface area contributed by atoms with Gasteiger partial charge in [-0.05, 0) is 74.6 Å². The van der Waals surface area contributed by atoms with Gasteiger partial charge in [-0.3, -0.25) is 4.98 Å². The van der Waals surface area contributed by atoms with E-state index in [2.05, 4.69) is 109 Å². The lowest BCUT2D eigenvalue weighted by Gasteiger charge is -2.18. The maximum Gasteiger partial charge on any atom is 0.107 e. The molecular weight excluding hydrogens is 457 g/mol. The van der Waals surface area contributed by atoms with Crippen molar-refractivity contribution in [2.45, 2.75) is 40.0 Å². The van der Waals surface area contributed by atoms with Gasteiger partial charge in [-0.1, -0.05) is 92.2 Å². The summed E-state index contributed by atoms with van der Waals surface area (Å²) in [5, 5.41) is 2.89. The lowest BCUT2D eigenvalue weighted by atomic mass is 10.1. The van der Waals surface area contributed by atoms with E-state index in [-0.39, 0.29) is 7.92 Å². The van der Waals surface area contributed by atoms with E-state index in [1.165, 1.54) is 28.3 Å². The molecule has 0 aliphatic heterocycles. The number of aryl methyl sites for hydroxylation is 3. The van der Waals surface area contributed by atoms with Crippen LogP contribution in [-0.4, -0.2) is 21.1 Å². The summed E-state index contributed by atoms with van der Waals surface area (Å²) in [6, 6.07) is 34.2. The normalized spacial score (nSPS) is 11.8. The number of nitrogens with zero attached hydrogens (tertiary/aromatic N) is 2. The van der Waals surface area contributed by atoms with Gasteiger partial charge in [0.2, 0.25) is 0 Å². The number of pyridine rings is 1. The molecule has 3 aromatic carbocycles. The average Bonchev–Trinajstić information content (AvgIpc) is 3.33. The molecule has 0 spiro atoms. The van der Waals surface area contributed by atoms with Crippen molar-refractivity contribution in [3.63, 3.8) is 0 Å². The summed E-state index contributed by atoms with van der Waals surface area (Å²) >= 11 is 0. The highest BCUT2D eigenvalue weighted by atomic mass is 31.1. The van der Waals surface area contributed by atoms with Crippen molar-refractivity contribution >= 4 is 29.6 Å². The maximum atomic E-state index is 4.53. The summed E-state index contributed by atoms with van der Waals surface area (Å²) in [5.74, 6) is 1.85. The molecule has 2 heterocycles. The molecule has 3 nitrogen and oxygen atoms in total. The second-order valence-corrected chi connectivity index (χ2v) is 11.9. The molecule has 0 radical (unpaired) electrons. The molecule has 1 atom stereocenters. The Morgan fingerprint density at radius 3 is 2.14 bits per heavy atom. The molecule has 0 aliphatic carbocycles. The maximum absolute atomic E-state index is 4.53. The van der Waals surface area contributed by atoms with Crippen LogP contribution in [-0.2, 0) is 12.8 Å². The molecule has 4 heteroatoms. The molecule has 0 saturated heterocycles. The van der Waals surface area contributed by atoms with Gasteiger partial charge >= 0.3 is 0 Å². The van der Waals surface area contributed by atoms with E-state index in [4.69, 9.17) is 0 Å². The Kier molecular flexibility index (Phi) is 9.41. The molecule has 5 aromatic rings. The van der Waals surface area contributed by atoms with Crippen LogP contribution in [0.4, 0.5) is 0 Å². The van der Waals surface area contributed by atoms with Crippen LogP contribution in [0.2, 0.25) is 0 Å². The molecular formula is C32H36N3P. The summed E-state index contributed by atoms with van der Waals surface area (Å²) in [4.78, 5) is 12.3. The predicted molar refractivity (Wildman–Crippen MR) is 156 cm³/mol. The van der Waals surface area contributed by atoms with Crippen LogP contribution in [0, 0.1) is 12.8 Å². The van der Waals surface area contributed by atoms with E-state index < -0.39 is 0 Å². The molecule has 0 fully saturated rings. The molecule has 5 rings (SSSR count). The molecule has 36 heavy (non-hydrogen) atoms. The van der Waals surface area contributed by atoms with Crippen LogP contribution < -0.4 is 10.6 Å². The van der Waals surface area contributed by atoms with Crippen LogP contribution in [0.15, 0.2) is 103 Å². The Bertz CT molecular complexity index is 1280. The van der Waals surface area contributed by atoms with Crippen molar-refractivity contribution in [3.8, 4) is 0 Å². The number of benzene rings is 3. The number of fused-ring (bicyclic) bond motifs is 1. The second kappa shape index (κ2) is 13.1. The smallest absolute Gasteiger partial charge is 0.107 e. The van der Waals surface area contributed by atoms with Gasteiger partial charge < -0.3 is 4.98 Å². The van der Waals surface area contributed by atoms with Gasteiger partial charge in [0.15, 0.2) is 0 Å². The van der Waals surface area contributed by atoms with Gasteiger partial charge in [-0.25, -0.2) is 4.98 Å². The Balaban J connectivity index is 0.000000187. The third-order valence-corrected chi connectivity index (χ3v) is 8.64. The highest BCUT2D eigenvalue weighted by molar-refractivity contribution is 7.73. The van der Waals surface area contributed by atoms with Gasteiger partial charge in [-0.2, -0.15) is 0 Å². The van der Waals surface area contributed by atoms with Crippen molar-refractivity contribution < 1.29 is 0 Å². The summed E-state index contributed by atoms with van der Waals surface area (Å²) in [7, 11) is -0.327. The van der Waals surface area contributed by atoms with E-state index >= 15 is 0 Å². The average molecular weight is 494 g/mol. The minimum absolute atomic E-state index is 0.327. The number of aromatic nitrogens is 3. The Morgan fingerprint density at radius 1 is 0.750 bits per heavy atom. The number of rotatable bonds is 8. The van der Waals surface area contributed by atoms with E-state index in [1.54, 1.807) is 0 Å². The number of nitrogens with one attached hydrogen (secondary N) is 1. The van der Waals surface area contributed by atoms with Gasteiger partial charge in [0, 0.05) is 18.3 Å². The summed E-state index contributed by atoms with van der Waals surface area (Å²) < 4.78 is 0. The van der Waals surface area contributed by atoms with Crippen molar-refractivity contribution in [2.24, 2.45) is 5.92 Å². The molecule has 1 N–H and O–H groups in total. The van der Waals surface area contributed by atoms with Gasteiger partial charge in [-0.15, -0.1) is 0 Å². The number of hydrogen-bond acceptors (Lipinski definition) is 2. The van der Waals surface area contributed by atoms with Crippen LogP contribution in [0.25, 0.3) is 11.0 Å². The summed E-state index contributed by atoms with van der Waals surface area (Å²) in [6.45, 7) is 6.62. The molecule has 1 unspecified atom stereocenters. The minimum atomic E-state index is -0.327. The zero-order valence-corrected chi connectivity index (χ0v) is 22.5. The fourth-order valence-corrected chi connectivity index (χ4v) is 6.37. The molecule has 184 valence electrons. The predicted octanol–water partition coefficient (Wildman–Crippen LogP) is 7.22. The Labute approximate surface area is 216 Å². The molecule has 0 bridgehead atoms. The first-order valence-electron chi connectivity index (χ1n) is 12.8. The first kappa shape index (κ1) is 25.8. The lowest BCUT2D eigenvalue weighted by Crippen LogP contribution is -2.15. The van der Waals surface area contributed by atoms with Crippen LogP contribution >= 0.6 is 7.92 Å². The zero-order valence-electron chi connectivity index (χ0n) is 21.6. The fourth-order valence-electron chi connectivity index (χ4n) is 4.06. The van der Waals surface area contributed by atoms with E-state index in [0.29, 0.717) is 0 Å². The third kappa shape index (κ3) is 7.60. The fraction of sp³-hybridized carbons (Fsp3) is 0.250. The number of aromatic amines is 1. The molecule has 0 aliphatic rings. The largest absolute Gasteiger partial charge is 0.342 e. The van der Waals surface area contributed by atoms with Gasteiger partial charge in [0.05, 0.1) is 11.0 Å².